The minimum Gasteiger partial charge on any atom is -0.334 e. The summed E-state index contributed by atoms with van der Waals surface area (Å²) >= 11 is 6.44. The van der Waals surface area contributed by atoms with Crippen molar-refractivity contribution in [3.63, 3.8) is 0 Å². The second-order valence-electron chi connectivity index (χ2n) is 9.61. The third-order valence-corrected chi connectivity index (χ3v) is 6.66. The summed E-state index contributed by atoms with van der Waals surface area (Å²) in [5.41, 5.74) is 6.09. The van der Waals surface area contributed by atoms with Gasteiger partial charge in [0.25, 0.3) is 11.8 Å². The summed E-state index contributed by atoms with van der Waals surface area (Å²) in [5.74, 6) is 2.47. The number of hydrogen-bond donors (Lipinski definition) is 0. The predicted octanol–water partition coefficient (Wildman–Crippen LogP) is 5.70. The Kier molecular flexibility index (Phi) is 7.67. The van der Waals surface area contributed by atoms with Gasteiger partial charge >= 0.3 is 0 Å². The van der Waals surface area contributed by atoms with E-state index in [9.17, 15) is 0 Å². The van der Waals surface area contributed by atoms with E-state index in [2.05, 4.69) is 30.3 Å². The molecule has 0 aliphatic rings. The minimum atomic E-state index is -0.0719. The van der Waals surface area contributed by atoms with Crippen molar-refractivity contribution in [3.05, 3.63) is 88.8 Å². The van der Waals surface area contributed by atoms with Crippen molar-refractivity contribution >= 4 is 11.6 Å². The normalized spacial score (nSPS) is 12.4. The Balaban J connectivity index is 1.39. The van der Waals surface area contributed by atoms with E-state index in [1.54, 1.807) is 0 Å². The van der Waals surface area contributed by atoms with Crippen LogP contribution >= 0.6 is 11.6 Å². The number of alkyl halides is 1. The summed E-state index contributed by atoms with van der Waals surface area (Å²) in [4.78, 5) is 11.4. The lowest BCUT2D eigenvalue weighted by molar-refractivity contribution is 0.201. The maximum Gasteiger partial charge on any atom is 0.257 e. The monoisotopic (exact) mass is 531 g/mol. The van der Waals surface area contributed by atoms with Crippen molar-refractivity contribution in [1.29, 1.82) is 0 Å². The van der Waals surface area contributed by atoms with Crippen LogP contribution in [0.3, 0.4) is 0 Å². The zero-order chi connectivity index (χ0) is 26.6. The van der Waals surface area contributed by atoms with Crippen LogP contribution in [0.25, 0.3) is 22.9 Å². The zero-order valence-electron chi connectivity index (χ0n) is 21.9. The number of aryl methyl sites for hydroxylation is 4. The van der Waals surface area contributed by atoms with Gasteiger partial charge in [-0.3, -0.25) is 9.58 Å². The topological polar surface area (TPSA) is 98.9 Å². The highest BCUT2D eigenvalue weighted by molar-refractivity contribution is 6.18. The largest absolute Gasteiger partial charge is 0.334 e. The molecule has 3 heterocycles. The van der Waals surface area contributed by atoms with Gasteiger partial charge in [-0.25, -0.2) is 0 Å². The third-order valence-electron chi connectivity index (χ3n) is 6.30. The van der Waals surface area contributed by atoms with Gasteiger partial charge in [0.2, 0.25) is 0 Å². The van der Waals surface area contributed by atoms with E-state index in [0.29, 0.717) is 48.9 Å². The molecule has 5 rings (SSSR count). The van der Waals surface area contributed by atoms with Crippen LogP contribution in [0.2, 0.25) is 0 Å². The van der Waals surface area contributed by atoms with Crippen LogP contribution in [0.15, 0.2) is 63.6 Å². The Morgan fingerprint density at radius 2 is 1.29 bits per heavy atom. The van der Waals surface area contributed by atoms with Crippen molar-refractivity contribution in [3.8, 4) is 22.9 Å². The van der Waals surface area contributed by atoms with Crippen molar-refractivity contribution in [2.45, 2.75) is 46.8 Å². The molecule has 0 aliphatic heterocycles. The first-order chi connectivity index (χ1) is 18.4. The highest BCUT2D eigenvalue weighted by atomic mass is 35.5. The SMILES string of the molecule is Cc1ccc(-c2nc(CN(Cc3noc(-c4ccc(C)cc4)n3)C[C@H](CCl)n3nc(C)cc3C)no2)cc1. The Bertz CT molecular complexity index is 1400. The molecule has 0 aliphatic carbocycles. The smallest absolute Gasteiger partial charge is 0.257 e. The quantitative estimate of drug-likeness (QED) is 0.212. The maximum absolute atomic E-state index is 6.44. The standard InChI is InChI=1S/C28H30ClN7O2/c1-18-5-9-22(10-6-18)27-30-25(33-37-27)16-35(15-24(14-29)36-21(4)13-20(3)32-36)17-26-31-28(38-34-26)23-11-7-19(2)8-12-23/h5-13,24H,14-17H2,1-4H3/t24-/m0/s1. The van der Waals surface area contributed by atoms with E-state index < -0.39 is 0 Å². The van der Waals surface area contributed by atoms with Crippen LogP contribution in [-0.4, -0.2) is 47.4 Å². The van der Waals surface area contributed by atoms with E-state index in [-0.39, 0.29) is 6.04 Å². The summed E-state index contributed by atoms with van der Waals surface area (Å²) in [5, 5.41) is 13.1. The molecule has 0 spiro atoms. The molecule has 9 nitrogen and oxygen atoms in total. The molecule has 0 saturated carbocycles. The second kappa shape index (κ2) is 11.3. The lowest BCUT2D eigenvalue weighted by Gasteiger charge is -2.25. The van der Waals surface area contributed by atoms with Crippen LogP contribution in [-0.2, 0) is 13.1 Å². The molecule has 10 heteroatoms. The molecular formula is C28H30ClN7O2. The molecule has 38 heavy (non-hydrogen) atoms. The van der Waals surface area contributed by atoms with Crippen molar-refractivity contribution < 1.29 is 9.05 Å². The van der Waals surface area contributed by atoms with Crippen LogP contribution in [0.4, 0.5) is 0 Å². The molecule has 3 aromatic heterocycles. The van der Waals surface area contributed by atoms with Gasteiger partial charge < -0.3 is 9.05 Å². The van der Waals surface area contributed by atoms with Crippen LogP contribution < -0.4 is 0 Å². The fraction of sp³-hybridized carbons (Fsp3) is 0.321. The van der Waals surface area contributed by atoms with Gasteiger partial charge in [-0.2, -0.15) is 15.1 Å². The van der Waals surface area contributed by atoms with E-state index in [1.165, 1.54) is 11.1 Å². The highest BCUT2D eigenvalue weighted by Crippen LogP contribution is 2.22. The maximum atomic E-state index is 6.44. The fourth-order valence-corrected chi connectivity index (χ4v) is 4.58. The van der Waals surface area contributed by atoms with Gasteiger partial charge in [0.05, 0.1) is 24.8 Å². The Morgan fingerprint density at radius 1 is 0.789 bits per heavy atom. The summed E-state index contributed by atoms with van der Waals surface area (Å²) in [7, 11) is 0. The van der Waals surface area contributed by atoms with Gasteiger partial charge in [-0.05, 0) is 58.0 Å². The summed E-state index contributed by atoms with van der Waals surface area (Å²) < 4.78 is 13.1. The first kappa shape index (κ1) is 25.8. The van der Waals surface area contributed by atoms with Gasteiger partial charge in [0.1, 0.15) is 0 Å². The predicted molar refractivity (Wildman–Crippen MR) is 145 cm³/mol. The van der Waals surface area contributed by atoms with Crippen LogP contribution in [0.5, 0.6) is 0 Å². The molecule has 0 radical (unpaired) electrons. The average Bonchev–Trinajstić information content (AvgIpc) is 3.64. The lowest BCUT2D eigenvalue weighted by Crippen LogP contribution is -2.33. The molecule has 5 aromatic rings. The number of hydrogen-bond acceptors (Lipinski definition) is 8. The molecular weight excluding hydrogens is 502 g/mol. The Morgan fingerprint density at radius 3 is 1.71 bits per heavy atom. The molecule has 1 atom stereocenters. The van der Waals surface area contributed by atoms with Crippen molar-refractivity contribution in [2.75, 3.05) is 12.4 Å². The molecule has 196 valence electrons. The third kappa shape index (κ3) is 6.00. The van der Waals surface area contributed by atoms with E-state index in [1.807, 2.05) is 87.0 Å². The number of aromatic nitrogens is 6. The first-order valence-corrected chi connectivity index (χ1v) is 13.0. The molecule has 2 aromatic carbocycles. The Hall–Kier alpha value is -3.82. The summed E-state index contributed by atoms with van der Waals surface area (Å²) in [6, 6.07) is 18.0. The molecule has 0 fully saturated rings. The molecule has 0 bridgehead atoms. The van der Waals surface area contributed by atoms with E-state index >= 15 is 0 Å². The van der Waals surface area contributed by atoms with E-state index in [0.717, 1.165) is 22.5 Å². The van der Waals surface area contributed by atoms with Crippen molar-refractivity contribution in [1.82, 2.24) is 35.0 Å². The molecule has 0 saturated heterocycles. The average molecular weight is 532 g/mol. The highest BCUT2D eigenvalue weighted by Gasteiger charge is 2.22. The zero-order valence-corrected chi connectivity index (χ0v) is 22.7. The number of benzene rings is 2. The summed E-state index contributed by atoms with van der Waals surface area (Å²) in [6.07, 6.45) is 0. The number of nitrogens with zero attached hydrogens (tertiary/aromatic N) is 7. The van der Waals surface area contributed by atoms with Crippen LogP contribution in [0, 0.1) is 27.7 Å². The van der Waals surface area contributed by atoms with Gasteiger partial charge in [-0.1, -0.05) is 45.7 Å². The molecule has 0 unspecified atom stereocenters. The van der Waals surface area contributed by atoms with Gasteiger partial charge in [-0.15, -0.1) is 11.6 Å². The molecule has 0 N–H and O–H groups in total. The Labute approximate surface area is 226 Å². The first-order valence-electron chi connectivity index (χ1n) is 12.5. The van der Waals surface area contributed by atoms with Crippen LogP contribution in [0.1, 0.15) is 40.2 Å². The minimum absolute atomic E-state index is 0.0719. The fourth-order valence-electron chi connectivity index (χ4n) is 4.35. The van der Waals surface area contributed by atoms with Gasteiger partial charge in [0, 0.05) is 29.2 Å². The number of rotatable bonds is 10. The van der Waals surface area contributed by atoms with Crippen molar-refractivity contribution in [2.24, 2.45) is 0 Å². The van der Waals surface area contributed by atoms with E-state index in [4.69, 9.17) is 20.6 Å². The molecule has 0 amide bonds. The van der Waals surface area contributed by atoms with Gasteiger partial charge in [0.15, 0.2) is 11.6 Å². The summed E-state index contributed by atoms with van der Waals surface area (Å²) in [6.45, 7) is 9.49. The lowest BCUT2D eigenvalue weighted by atomic mass is 10.1. The number of halogens is 1. The second-order valence-corrected chi connectivity index (χ2v) is 9.92.